The molecule has 0 amide bonds. The van der Waals surface area contributed by atoms with E-state index in [2.05, 4.69) is 11.8 Å². The minimum Gasteiger partial charge on any atom is -0.481 e. The summed E-state index contributed by atoms with van der Waals surface area (Å²) in [5.41, 5.74) is -0.508. The van der Waals surface area contributed by atoms with Crippen LogP contribution in [0.4, 0.5) is 0 Å². The van der Waals surface area contributed by atoms with E-state index >= 15 is 0 Å². The van der Waals surface area contributed by atoms with Crippen LogP contribution in [0.3, 0.4) is 0 Å². The van der Waals surface area contributed by atoms with Crippen LogP contribution in [0.2, 0.25) is 0 Å². The van der Waals surface area contributed by atoms with Crippen LogP contribution >= 0.6 is 0 Å². The van der Waals surface area contributed by atoms with Crippen LogP contribution in [0, 0.1) is 5.41 Å². The largest absolute Gasteiger partial charge is 0.481 e. The zero-order valence-corrected chi connectivity index (χ0v) is 11.5. The normalized spacial score (nSPS) is 33.2. The minimum atomic E-state index is -0.638. The van der Waals surface area contributed by atoms with E-state index in [9.17, 15) is 9.90 Å². The van der Waals surface area contributed by atoms with Gasteiger partial charge in [0.05, 0.1) is 11.5 Å². The molecule has 18 heavy (non-hydrogen) atoms. The number of rotatable bonds is 3. The molecule has 2 aliphatic heterocycles. The number of carboxylic acids is 1. The van der Waals surface area contributed by atoms with E-state index in [0.717, 1.165) is 51.8 Å². The Bertz CT molecular complexity index is 297. The van der Waals surface area contributed by atoms with Crippen molar-refractivity contribution in [2.45, 2.75) is 58.1 Å². The molecule has 1 N–H and O–H groups in total. The predicted molar refractivity (Wildman–Crippen MR) is 69.6 cm³/mol. The molecule has 0 saturated carbocycles. The van der Waals surface area contributed by atoms with Gasteiger partial charge in [-0.15, -0.1) is 0 Å². The van der Waals surface area contributed by atoms with E-state index in [1.807, 2.05) is 6.92 Å². The minimum absolute atomic E-state index is 0.400. The lowest BCUT2D eigenvalue weighted by Crippen LogP contribution is -2.49. The monoisotopic (exact) mass is 255 g/mol. The summed E-state index contributed by atoms with van der Waals surface area (Å²) in [7, 11) is 0. The summed E-state index contributed by atoms with van der Waals surface area (Å²) in [5.74, 6) is -0.638. The highest BCUT2D eigenvalue weighted by Gasteiger charge is 2.39. The van der Waals surface area contributed by atoms with Crippen molar-refractivity contribution in [3.8, 4) is 0 Å². The van der Waals surface area contributed by atoms with E-state index in [0.29, 0.717) is 12.1 Å². The molecule has 4 heteroatoms. The van der Waals surface area contributed by atoms with Crippen LogP contribution in [0.25, 0.3) is 0 Å². The van der Waals surface area contributed by atoms with E-state index in [1.165, 1.54) is 0 Å². The van der Waals surface area contributed by atoms with Crippen molar-refractivity contribution in [2.75, 3.05) is 19.7 Å². The second-order valence-corrected chi connectivity index (χ2v) is 5.98. The number of piperidine rings is 1. The molecule has 2 fully saturated rings. The Morgan fingerprint density at radius 1 is 1.44 bits per heavy atom. The zero-order valence-electron chi connectivity index (χ0n) is 11.5. The van der Waals surface area contributed by atoms with Crippen molar-refractivity contribution in [3.05, 3.63) is 0 Å². The number of aliphatic carboxylic acids is 1. The maximum absolute atomic E-state index is 11.2. The lowest BCUT2D eigenvalue weighted by molar-refractivity contribution is -0.151. The van der Waals surface area contributed by atoms with Crippen LogP contribution in [0.5, 0.6) is 0 Å². The summed E-state index contributed by atoms with van der Waals surface area (Å²) in [5, 5.41) is 9.24. The molecule has 0 radical (unpaired) electrons. The SMILES string of the molecule is CCC1CC(N2CCC(C)(C(=O)O)CC2)CCO1. The molecule has 0 aromatic rings. The number of hydrogen-bond donors (Lipinski definition) is 1. The van der Waals surface area contributed by atoms with Crippen LogP contribution in [0.1, 0.15) is 46.0 Å². The highest BCUT2D eigenvalue weighted by molar-refractivity contribution is 5.74. The Morgan fingerprint density at radius 2 is 2.11 bits per heavy atom. The van der Waals surface area contributed by atoms with Crippen molar-refractivity contribution in [1.29, 1.82) is 0 Å². The van der Waals surface area contributed by atoms with E-state index < -0.39 is 11.4 Å². The summed E-state index contributed by atoms with van der Waals surface area (Å²) in [6.45, 7) is 6.75. The Hall–Kier alpha value is -0.610. The van der Waals surface area contributed by atoms with Crippen molar-refractivity contribution in [3.63, 3.8) is 0 Å². The smallest absolute Gasteiger partial charge is 0.309 e. The number of hydrogen-bond acceptors (Lipinski definition) is 3. The molecule has 2 unspecified atom stereocenters. The van der Waals surface area contributed by atoms with Gasteiger partial charge in [-0.2, -0.15) is 0 Å². The van der Waals surface area contributed by atoms with Gasteiger partial charge >= 0.3 is 5.97 Å². The fourth-order valence-corrected chi connectivity index (χ4v) is 3.07. The van der Waals surface area contributed by atoms with Gasteiger partial charge in [-0.1, -0.05) is 6.92 Å². The third-order valence-electron chi connectivity index (χ3n) is 4.73. The standard InChI is InChI=1S/C14H25NO3/c1-3-12-10-11(4-9-18-12)15-7-5-14(2,6-8-15)13(16)17/h11-12H,3-10H2,1-2H3,(H,16,17). The van der Waals surface area contributed by atoms with E-state index in [-0.39, 0.29) is 0 Å². The molecule has 4 nitrogen and oxygen atoms in total. The molecule has 0 spiro atoms. The number of likely N-dealkylation sites (tertiary alicyclic amines) is 1. The van der Waals surface area contributed by atoms with Gasteiger partial charge < -0.3 is 14.7 Å². The first-order chi connectivity index (χ1) is 8.55. The average molecular weight is 255 g/mol. The summed E-state index contributed by atoms with van der Waals surface area (Å²) in [6.07, 6.45) is 5.24. The zero-order chi connectivity index (χ0) is 13.2. The highest BCUT2D eigenvalue weighted by atomic mass is 16.5. The topological polar surface area (TPSA) is 49.8 Å². The van der Waals surface area contributed by atoms with E-state index in [4.69, 9.17) is 4.74 Å². The predicted octanol–water partition coefficient (Wildman–Crippen LogP) is 2.13. The van der Waals surface area contributed by atoms with Crippen molar-refractivity contribution in [1.82, 2.24) is 4.90 Å². The molecule has 0 aromatic carbocycles. The van der Waals surface area contributed by atoms with Gasteiger partial charge in [0, 0.05) is 12.6 Å². The maximum atomic E-state index is 11.2. The van der Waals surface area contributed by atoms with Gasteiger partial charge in [-0.25, -0.2) is 0 Å². The maximum Gasteiger partial charge on any atom is 0.309 e. The number of carboxylic acid groups (broad SMARTS) is 1. The highest BCUT2D eigenvalue weighted by Crippen LogP contribution is 2.33. The first kappa shape index (κ1) is 13.8. The number of nitrogens with zero attached hydrogens (tertiary/aromatic N) is 1. The van der Waals surface area contributed by atoms with Crippen LogP contribution < -0.4 is 0 Å². The fourth-order valence-electron chi connectivity index (χ4n) is 3.07. The van der Waals surface area contributed by atoms with Gasteiger partial charge in [-0.3, -0.25) is 4.79 Å². The van der Waals surface area contributed by atoms with Gasteiger partial charge in [-0.05, 0) is 52.1 Å². The molecule has 0 bridgehead atoms. The lowest BCUT2D eigenvalue weighted by atomic mass is 9.79. The van der Waals surface area contributed by atoms with Crippen LogP contribution in [0.15, 0.2) is 0 Å². The van der Waals surface area contributed by atoms with Crippen LogP contribution in [-0.4, -0.2) is 47.8 Å². The molecular weight excluding hydrogens is 230 g/mol. The van der Waals surface area contributed by atoms with Crippen molar-refractivity contribution < 1.29 is 14.6 Å². The van der Waals surface area contributed by atoms with E-state index in [1.54, 1.807) is 0 Å². The van der Waals surface area contributed by atoms with Crippen LogP contribution in [-0.2, 0) is 9.53 Å². The van der Waals surface area contributed by atoms with Gasteiger partial charge in [0.2, 0.25) is 0 Å². The fraction of sp³-hybridized carbons (Fsp3) is 0.929. The molecule has 2 rings (SSSR count). The van der Waals surface area contributed by atoms with Gasteiger partial charge in [0.15, 0.2) is 0 Å². The van der Waals surface area contributed by atoms with Crippen molar-refractivity contribution in [2.24, 2.45) is 5.41 Å². The second kappa shape index (κ2) is 5.57. The summed E-state index contributed by atoms with van der Waals surface area (Å²) >= 11 is 0. The summed E-state index contributed by atoms with van der Waals surface area (Å²) in [6, 6.07) is 0.599. The number of ether oxygens (including phenoxy) is 1. The molecule has 2 atom stereocenters. The summed E-state index contributed by atoms with van der Waals surface area (Å²) in [4.78, 5) is 13.7. The quantitative estimate of drug-likeness (QED) is 0.839. The third-order valence-corrected chi connectivity index (χ3v) is 4.73. The average Bonchev–Trinajstić information content (AvgIpc) is 2.39. The Balaban J connectivity index is 1.87. The van der Waals surface area contributed by atoms with Gasteiger partial charge in [0.25, 0.3) is 0 Å². The molecule has 0 aromatic heterocycles. The first-order valence-corrected chi connectivity index (χ1v) is 7.14. The Kier molecular flexibility index (Phi) is 4.28. The molecule has 2 saturated heterocycles. The second-order valence-electron chi connectivity index (χ2n) is 5.98. The molecule has 0 aliphatic carbocycles. The Morgan fingerprint density at radius 3 is 2.67 bits per heavy atom. The molecule has 2 heterocycles. The number of carbonyl (C=O) groups is 1. The molecular formula is C14H25NO3. The third kappa shape index (κ3) is 2.86. The summed E-state index contributed by atoms with van der Waals surface area (Å²) < 4.78 is 5.71. The first-order valence-electron chi connectivity index (χ1n) is 7.14. The Labute approximate surface area is 109 Å². The van der Waals surface area contributed by atoms with Gasteiger partial charge in [0.1, 0.15) is 0 Å². The molecule has 2 aliphatic rings. The lowest BCUT2D eigenvalue weighted by Gasteiger charge is -2.43. The molecule has 104 valence electrons. The van der Waals surface area contributed by atoms with Crippen molar-refractivity contribution >= 4 is 5.97 Å².